The quantitative estimate of drug-likeness (QED) is 0.319. The van der Waals surface area contributed by atoms with Crippen LogP contribution in [0.4, 0.5) is 11.4 Å². The summed E-state index contributed by atoms with van der Waals surface area (Å²) in [5, 5.41) is 1.07. The Hall–Kier alpha value is -2.25. The molecule has 0 bridgehead atoms. The van der Waals surface area contributed by atoms with E-state index in [4.69, 9.17) is 11.5 Å². The average molecular weight is 387 g/mol. The number of benzene rings is 2. The van der Waals surface area contributed by atoms with E-state index in [1.54, 1.807) is 24.3 Å². The van der Waals surface area contributed by atoms with Crippen LogP contribution in [0.1, 0.15) is 23.7 Å². The van der Waals surface area contributed by atoms with Gasteiger partial charge in [-0.1, -0.05) is 41.7 Å². The van der Waals surface area contributed by atoms with Crippen molar-refractivity contribution in [1.82, 2.24) is 0 Å². The number of amidine groups is 2. The van der Waals surface area contributed by atoms with Crippen LogP contribution in [-0.2, 0) is 0 Å². The van der Waals surface area contributed by atoms with Gasteiger partial charge in [0.15, 0.2) is 16.1 Å². The first-order valence-corrected chi connectivity index (χ1v) is 10.1. The summed E-state index contributed by atoms with van der Waals surface area (Å²) >= 11 is 3.04. The Morgan fingerprint density at radius 1 is 0.846 bits per heavy atom. The van der Waals surface area contributed by atoms with Crippen molar-refractivity contribution in [3.8, 4) is 0 Å². The Kier molecular flexibility index (Phi) is 8.24. The number of carbonyl (C=O) groups excluding carboxylic acids is 1. The molecule has 2 rings (SSSR count). The van der Waals surface area contributed by atoms with Crippen LogP contribution < -0.4 is 11.5 Å². The van der Waals surface area contributed by atoms with Crippen molar-refractivity contribution in [3.05, 3.63) is 60.2 Å². The summed E-state index contributed by atoms with van der Waals surface area (Å²) in [6.45, 7) is 1.54. The second-order valence-electron chi connectivity index (χ2n) is 5.39. The predicted octanol–water partition coefficient (Wildman–Crippen LogP) is 4.34. The fraction of sp³-hybridized carbons (Fsp3) is 0.211. The van der Waals surface area contributed by atoms with E-state index in [-0.39, 0.29) is 5.78 Å². The summed E-state index contributed by atoms with van der Waals surface area (Å²) in [6, 6.07) is 16.7. The molecular weight excluding hydrogens is 364 g/mol. The van der Waals surface area contributed by atoms with E-state index in [9.17, 15) is 4.79 Å². The average Bonchev–Trinajstić information content (AvgIpc) is 2.62. The van der Waals surface area contributed by atoms with Gasteiger partial charge in [0.1, 0.15) is 0 Å². The van der Waals surface area contributed by atoms with Crippen molar-refractivity contribution < 1.29 is 4.79 Å². The Balaban J connectivity index is 1.70. The maximum Gasteiger partial charge on any atom is 0.159 e. The van der Waals surface area contributed by atoms with E-state index in [1.807, 2.05) is 30.3 Å². The summed E-state index contributed by atoms with van der Waals surface area (Å²) in [5.74, 6) is 1.76. The molecule has 0 aliphatic rings. The number of carbonyl (C=O) groups is 1. The van der Waals surface area contributed by atoms with Crippen LogP contribution in [0.25, 0.3) is 0 Å². The normalized spacial score (nSPS) is 12.2. The first-order chi connectivity index (χ1) is 12.5. The molecule has 26 heavy (non-hydrogen) atoms. The molecule has 7 heteroatoms. The zero-order valence-electron chi connectivity index (χ0n) is 14.6. The van der Waals surface area contributed by atoms with E-state index in [1.165, 1.54) is 30.4 Å². The molecule has 5 nitrogen and oxygen atoms in total. The molecule has 2 aromatic carbocycles. The summed E-state index contributed by atoms with van der Waals surface area (Å²) in [6.07, 6.45) is 0.944. The van der Waals surface area contributed by atoms with E-state index in [2.05, 4.69) is 9.98 Å². The molecule has 0 aliphatic heterocycles. The Morgan fingerprint density at radius 3 is 1.85 bits per heavy atom. The van der Waals surface area contributed by atoms with Crippen LogP contribution in [0, 0.1) is 0 Å². The number of Topliss-reactive ketones (excluding diaryl/α,β-unsaturated/α-hetero) is 1. The highest BCUT2D eigenvalue weighted by Gasteiger charge is 2.01. The number of nitrogens with zero attached hydrogens (tertiary/aromatic N) is 2. The molecule has 136 valence electrons. The number of aliphatic imine (C=N–C) groups is 2. The van der Waals surface area contributed by atoms with Crippen LogP contribution in [-0.4, -0.2) is 27.6 Å². The molecule has 0 spiro atoms. The van der Waals surface area contributed by atoms with Gasteiger partial charge in [-0.2, -0.15) is 0 Å². The third-order valence-corrected chi connectivity index (χ3v) is 5.06. The highest BCUT2D eigenvalue weighted by atomic mass is 32.2. The minimum Gasteiger partial charge on any atom is -0.378 e. The van der Waals surface area contributed by atoms with Gasteiger partial charge >= 0.3 is 0 Å². The predicted molar refractivity (Wildman–Crippen MR) is 115 cm³/mol. The Labute approximate surface area is 162 Å². The standard InChI is InChI=1S/C19H22N4OS2/c1-14(24)15-8-10-17(11-9-15)23-19(21)26-13-5-12-25-18(20)22-16-6-3-2-4-7-16/h2-4,6-11H,5,12-13H2,1H3,(H2,20,22)(H2,21,23). The van der Waals surface area contributed by atoms with Crippen LogP contribution in [0.2, 0.25) is 0 Å². The largest absolute Gasteiger partial charge is 0.378 e. The second-order valence-corrected chi connectivity index (χ2v) is 7.62. The van der Waals surface area contributed by atoms with Gasteiger partial charge in [-0.25, -0.2) is 9.98 Å². The van der Waals surface area contributed by atoms with E-state index in [0.29, 0.717) is 15.9 Å². The molecule has 0 fully saturated rings. The number of ketones is 1. The lowest BCUT2D eigenvalue weighted by Gasteiger charge is -2.03. The number of hydrogen-bond acceptors (Lipinski definition) is 5. The zero-order valence-corrected chi connectivity index (χ0v) is 16.2. The molecule has 0 saturated heterocycles. The van der Waals surface area contributed by atoms with Crippen molar-refractivity contribution in [2.75, 3.05) is 11.5 Å². The number of hydrogen-bond donors (Lipinski definition) is 2. The molecule has 0 aliphatic carbocycles. The molecule has 0 radical (unpaired) electrons. The van der Waals surface area contributed by atoms with Gasteiger partial charge in [-0.3, -0.25) is 4.79 Å². The van der Waals surface area contributed by atoms with Gasteiger partial charge in [0, 0.05) is 17.1 Å². The molecule has 0 heterocycles. The van der Waals surface area contributed by atoms with Gasteiger partial charge < -0.3 is 11.5 Å². The molecule has 0 amide bonds. The summed E-state index contributed by atoms with van der Waals surface area (Å²) in [4.78, 5) is 19.9. The minimum atomic E-state index is 0.0375. The molecule has 0 aromatic heterocycles. The molecule has 4 N–H and O–H groups in total. The van der Waals surface area contributed by atoms with Gasteiger partial charge in [0.25, 0.3) is 0 Å². The van der Waals surface area contributed by atoms with Crippen LogP contribution in [0.5, 0.6) is 0 Å². The van der Waals surface area contributed by atoms with Crippen LogP contribution >= 0.6 is 23.5 Å². The first-order valence-electron chi connectivity index (χ1n) is 8.14. The lowest BCUT2D eigenvalue weighted by Crippen LogP contribution is -2.09. The minimum absolute atomic E-state index is 0.0375. The van der Waals surface area contributed by atoms with Gasteiger partial charge in [-0.15, -0.1) is 0 Å². The molecular formula is C19H22N4OS2. The van der Waals surface area contributed by atoms with E-state index < -0.39 is 0 Å². The smallest absolute Gasteiger partial charge is 0.159 e. The molecule has 0 saturated carbocycles. The summed E-state index contributed by atoms with van der Waals surface area (Å²) in [5.41, 5.74) is 14.1. The third-order valence-electron chi connectivity index (χ3n) is 3.30. The Morgan fingerprint density at radius 2 is 1.35 bits per heavy atom. The van der Waals surface area contributed by atoms with Gasteiger partial charge in [-0.05, 0) is 49.7 Å². The first kappa shape index (κ1) is 20.1. The highest BCUT2D eigenvalue weighted by molar-refractivity contribution is 8.14. The van der Waals surface area contributed by atoms with Crippen molar-refractivity contribution in [2.24, 2.45) is 21.5 Å². The fourth-order valence-corrected chi connectivity index (χ4v) is 3.52. The molecule has 0 unspecified atom stereocenters. The second kappa shape index (κ2) is 10.7. The summed E-state index contributed by atoms with van der Waals surface area (Å²) < 4.78 is 0. The van der Waals surface area contributed by atoms with Gasteiger partial charge in [0.2, 0.25) is 0 Å². The lowest BCUT2D eigenvalue weighted by molar-refractivity contribution is 0.101. The molecule has 2 aromatic rings. The monoisotopic (exact) mass is 386 g/mol. The molecule has 0 atom stereocenters. The highest BCUT2D eigenvalue weighted by Crippen LogP contribution is 2.17. The number of para-hydroxylation sites is 1. The number of thioether (sulfide) groups is 2. The van der Waals surface area contributed by atoms with Crippen LogP contribution in [0.3, 0.4) is 0 Å². The van der Waals surface area contributed by atoms with E-state index >= 15 is 0 Å². The Bertz CT molecular complexity index is 774. The topological polar surface area (TPSA) is 93.8 Å². The van der Waals surface area contributed by atoms with Crippen molar-refractivity contribution >= 4 is 51.0 Å². The van der Waals surface area contributed by atoms with Crippen molar-refractivity contribution in [2.45, 2.75) is 13.3 Å². The fourth-order valence-electron chi connectivity index (χ4n) is 2.00. The van der Waals surface area contributed by atoms with Crippen LogP contribution in [0.15, 0.2) is 64.6 Å². The lowest BCUT2D eigenvalue weighted by atomic mass is 10.1. The van der Waals surface area contributed by atoms with Crippen molar-refractivity contribution in [3.63, 3.8) is 0 Å². The number of nitrogens with two attached hydrogens (primary N) is 2. The maximum atomic E-state index is 11.2. The van der Waals surface area contributed by atoms with Gasteiger partial charge in [0.05, 0.1) is 11.4 Å². The third kappa shape index (κ3) is 7.33. The van der Waals surface area contributed by atoms with Crippen molar-refractivity contribution in [1.29, 1.82) is 0 Å². The maximum absolute atomic E-state index is 11.2. The van der Waals surface area contributed by atoms with E-state index in [0.717, 1.165) is 29.3 Å². The number of rotatable bonds is 7. The SMILES string of the molecule is CC(=O)c1ccc(N=C(N)SCCCSC(N)=Nc2ccccc2)cc1. The zero-order chi connectivity index (χ0) is 18.8. The summed E-state index contributed by atoms with van der Waals surface area (Å²) in [7, 11) is 0.